The Bertz CT molecular complexity index is 564. The molecule has 3 rings (SSSR count). The lowest BCUT2D eigenvalue weighted by Gasteiger charge is -2.29. The summed E-state index contributed by atoms with van der Waals surface area (Å²) in [6, 6.07) is 1.87. The molecule has 0 aromatic carbocycles. The SMILES string of the molecule is CC(=O)N[C@@H](C)COC1CCC(OCc2cc(OCC3CC3)no2)CC1. The standard InChI is InChI=1S/C19H30N2O5/c1-13(20-14(2)22)10-23-16-5-7-17(8-6-16)24-12-18-9-19(21-26-18)25-11-15-3-4-15/h9,13,15-17H,3-8,10-12H2,1-2H3,(H,20,22)/t13-,16?,17?/m0/s1. The normalized spacial score (nSPS) is 24.2. The maximum absolute atomic E-state index is 11.0. The van der Waals surface area contributed by atoms with Crippen molar-refractivity contribution in [3.8, 4) is 5.88 Å². The summed E-state index contributed by atoms with van der Waals surface area (Å²) < 4.78 is 22.7. The first-order chi connectivity index (χ1) is 12.6. The zero-order valence-electron chi connectivity index (χ0n) is 15.7. The Hall–Kier alpha value is -1.60. The first kappa shape index (κ1) is 19.2. The van der Waals surface area contributed by atoms with E-state index in [0.717, 1.165) is 32.3 Å². The number of hydrogen-bond acceptors (Lipinski definition) is 6. The molecular formula is C19H30N2O5. The Balaban J connectivity index is 1.28. The van der Waals surface area contributed by atoms with Crippen LogP contribution in [0.5, 0.6) is 5.88 Å². The molecule has 1 N–H and O–H groups in total. The molecule has 0 saturated heterocycles. The Kier molecular flexibility index (Phi) is 6.91. The summed E-state index contributed by atoms with van der Waals surface area (Å²) in [5.74, 6) is 1.94. The molecule has 1 atom stereocenters. The average molecular weight is 366 g/mol. The van der Waals surface area contributed by atoms with Gasteiger partial charge in [0.2, 0.25) is 5.91 Å². The fourth-order valence-electron chi connectivity index (χ4n) is 3.15. The maximum Gasteiger partial charge on any atom is 0.254 e. The third-order valence-corrected chi connectivity index (χ3v) is 4.82. The quantitative estimate of drug-likeness (QED) is 0.686. The van der Waals surface area contributed by atoms with Gasteiger partial charge in [-0.2, -0.15) is 0 Å². The van der Waals surface area contributed by atoms with Crippen LogP contribution in [0.2, 0.25) is 0 Å². The number of nitrogens with one attached hydrogen (secondary N) is 1. The van der Waals surface area contributed by atoms with Crippen molar-refractivity contribution in [2.45, 2.75) is 77.2 Å². The average Bonchev–Trinajstić information content (AvgIpc) is 3.34. The van der Waals surface area contributed by atoms with Crippen LogP contribution in [0.4, 0.5) is 0 Å². The predicted molar refractivity (Wildman–Crippen MR) is 94.8 cm³/mol. The van der Waals surface area contributed by atoms with E-state index in [2.05, 4.69) is 10.5 Å². The van der Waals surface area contributed by atoms with Crippen LogP contribution >= 0.6 is 0 Å². The van der Waals surface area contributed by atoms with E-state index < -0.39 is 0 Å². The lowest BCUT2D eigenvalue weighted by molar-refractivity contribution is -0.120. The molecule has 1 aromatic rings. The van der Waals surface area contributed by atoms with Crippen LogP contribution in [0.3, 0.4) is 0 Å². The van der Waals surface area contributed by atoms with E-state index in [4.69, 9.17) is 18.7 Å². The van der Waals surface area contributed by atoms with Crippen molar-refractivity contribution >= 4 is 5.91 Å². The van der Waals surface area contributed by atoms with E-state index in [1.54, 1.807) is 0 Å². The highest BCUT2D eigenvalue weighted by molar-refractivity contribution is 5.73. The molecule has 0 unspecified atom stereocenters. The minimum atomic E-state index is -0.0216. The summed E-state index contributed by atoms with van der Waals surface area (Å²) in [5, 5.41) is 6.76. The molecule has 2 fully saturated rings. The molecule has 7 heteroatoms. The Labute approximate surface area is 154 Å². The number of aromatic nitrogens is 1. The Morgan fingerprint density at radius 1 is 1.23 bits per heavy atom. The third-order valence-electron chi connectivity index (χ3n) is 4.82. The van der Waals surface area contributed by atoms with Crippen LogP contribution in [0.25, 0.3) is 0 Å². The van der Waals surface area contributed by atoms with Gasteiger partial charge in [-0.15, -0.1) is 0 Å². The molecule has 2 aliphatic rings. The van der Waals surface area contributed by atoms with Gasteiger partial charge in [0.15, 0.2) is 5.76 Å². The molecule has 1 aromatic heterocycles. The van der Waals surface area contributed by atoms with Crippen LogP contribution in [-0.4, -0.2) is 42.5 Å². The van der Waals surface area contributed by atoms with Crippen molar-refractivity contribution in [2.24, 2.45) is 5.92 Å². The Morgan fingerprint density at radius 2 is 1.92 bits per heavy atom. The van der Waals surface area contributed by atoms with Gasteiger partial charge in [-0.1, -0.05) is 0 Å². The first-order valence-electron chi connectivity index (χ1n) is 9.67. The molecule has 7 nitrogen and oxygen atoms in total. The summed E-state index contributed by atoms with van der Waals surface area (Å²) in [6.07, 6.45) is 6.88. The highest BCUT2D eigenvalue weighted by Gasteiger charge is 2.24. The predicted octanol–water partition coefficient (Wildman–Crippen LogP) is 2.83. The second kappa shape index (κ2) is 9.37. The number of carbonyl (C=O) groups is 1. The van der Waals surface area contributed by atoms with Crippen molar-refractivity contribution in [1.82, 2.24) is 10.5 Å². The summed E-state index contributed by atoms with van der Waals surface area (Å²) in [6.45, 7) is 5.19. The monoisotopic (exact) mass is 366 g/mol. The summed E-state index contributed by atoms with van der Waals surface area (Å²) in [4.78, 5) is 11.0. The smallest absolute Gasteiger partial charge is 0.254 e. The zero-order valence-corrected chi connectivity index (χ0v) is 15.7. The maximum atomic E-state index is 11.0. The molecule has 0 radical (unpaired) electrons. The van der Waals surface area contributed by atoms with Crippen molar-refractivity contribution in [1.29, 1.82) is 0 Å². The van der Waals surface area contributed by atoms with Crippen LogP contribution < -0.4 is 10.1 Å². The molecule has 146 valence electrons. The summed E-state index contributed by atoms with van der Waals surface area (Å²) in [7, 11) is 0. The number of amides is 1. The van der Waals surface area contributed by atoms with Gasteiger partial charge in [0, 0.05) is 19.0 Å². The highest BCUT2D eigenvalue weighted by atomic mass is 16.6. The van der Waals surface area contributed by atoms with E-state index in [1.807, 2.05) is 13.0 Å². The van der Waals surface area contributed by atoms with Crippen LogP contribution in [-0.2, 0) is 20.9 Å². The molecule has 0 bridgehead atoms. The number of carbonyl (C=O) groups excluding carboxylic acids is 1. The first-order valence-corrected chi connectivity index (χ1v) is 9.67. The molecule has 2 saturated carbocycles. The number of ether oxygens (including phenoxy) is 3. The highest BCUT2D eigenvalue weighted by Crippen LogP contribution is 2.29. The molecule has 1 amide bonds. The van der Waals surface area contributed by atoms with E-state index in [0.29, 0.717) is 30.8 Å². The van der Waals surface area contributed by atoms with Gasteiger partial charge >= 0.3 is 0 Å². The second-order valence-corrected chi connectivity index (χ2v) is 7.53. The number of nitrogens with zero attached hydrogens (tertiary/aromatic N) is 1. The topological polar surface area (TPSA) is 82.8 Å². The van der Waals surface area contributed by atoms with Gasteiger partial charge in [-0.05, 0) is 56.5 Å². The van der Waals surface area contributed by atoms with Crippen LogP contribution in [0.15, 0.2) is 10.6 Å². The third kappa shape index (κ3) is 6.61. The summed E-state index contributed by atoms with van der Waals surface area (Å²) >= 11 is 0. The molecule has 26 heavy (non-hydrogen) atoms. The summed E-state index contributed by atoms with van der Waals surface area (Å²) in [5.41, 5.74) is 0. The molecule has 0 aliphatic heterocycles. The molecule has 2 aliphatic carbocycles. The van der Waals surface area contributed by atoms with E-state index >= 15 is 0 Å². The zero-order chi connectivity index (χ0) is 18.4. The largest absolute Gasteiger partial charge is 0.475 e. The lowest BCUT2D eigenvalue weighted by atomic mass is 9.95. The van der Waals surface area contributed by atoms with Crippen LogP contribution in [0, 0.1) is 5.92 Å². The van der Waals surface area contributed by atoms with E-state index in [-0.39, 0.29) is 24.2 Å². The van der Waals surface area contributed by atoms with E-state index in [9.17, 15) is 4.79 Å². The fraction of sp³-hybridized carbons (Fsp3) is 0.789. The number of hydrogen-bond donors (Lipinski definition) is 1. The van der Waals surface area contributed by atoms with Crippen LogP contribution in [0.1, 0.15) is 58.1 Å². The lowest BCUT2D eigenvalue weighted by Crippen LogP contribution is -2.36. The molecule has 1 heterocycles. The Morgan fingerprint density at radius 3 is 2.58 bits per heavy atom. The second-order valence-electron chi connectivity index (χ2n) is 7.53. The van der Waals surface area contributed by atoms with Gasteiger partial charge in [0.05, 0.1) is 25.4 Å². The van der Waals surface area contributed by atoms with Gasteiger partial charge in [0.25, 0.3) is 5.88 Å². The van der Waals surface area contributed by atoms with Gasteiger partial charge in [-0.25, -0.2) is 0 Å². The van der Waals surface area contributed by atoms with E-state index in [1.165, 1.54) is 19.8 Å². The molecule has 0 spiro atoms. The number of rotatable bonds is 10. The minimum absolute atomic E-state index is 0.0216. The molecular weight excluding hydrogens is 336 g/mol. The van der Waals surface area contributed by atoms with Crippen molar-refractivity contribution in [3.63, 3.8) is 0 Å². The van der Waals surface area contributed by atoms with Crippen molar-refractivity contribution < 1.29 is 23.5 Å². The van der Waals surface area contributed by atoms with Crippen molar-refractivity contribution in [3.05, 3.63) is 11.8 Å². The van der Waals surface area contributed by atoms with Gasteiger partial charge in [-0.3, -0.25) is 4.79 Å². The minimum Gasteiger partial charge on any atom is -0.475 e. The van der Waals surface area contributed by atoms with Crippen molar-refractivity contribution in [2.75, 3.05) is 13.2 Å². The fourth-order valence-corrected chi connectivity index (χ4v) is 3.15. The van der Waals surface area contributed by atoms with Gasteiger partial charge in [0.1, 0.15) is 6.61 Å². The van der Waals surface area contributed by atoms with Gasteiger partial charge < -0.3 is 24.1 Å².